The summed E-state index contributed by atoms with van der Waals surface area (Å²) in [5.41, 5.74) is -0.268. The first kappa shape index (κ1) is 23.2. The van der Waals surface area contributed by atoms with Crippen LogP contribution in [0.4, 0.5) is 0 Å². The lowest BCUT2D eigenvalue weighted by molar-refractivity contribution is -0.122. The molecule has 0 fully saturated rings. The highest BCUT2D eigenvalue weighted by molar-refractivity contribution is 5.98. The summed E-state index contributed by atoms with van der Waals surface area (Å²) in [7, 11) is 0. The van der Waals surface area contributed by atoms with Crippen molar-refractivity contribution >= 4 is 28.5 Å². The lowest BCUT2D eigenvalue weighted by atomic mass is 10.1. The second-order valence-electron chi connectivity index (χ2n) is 8.58. The highest BCUT2D eigenvalue weighted by Gasteiger charge is 2.21. The third-order valence-electron chi connectivity index (χ3n) is 5.24. The maximum Gasteiger partial charge on any atom is 0.352 e. The summed E-state index contributed by atoms with van der Waals surface area (Å²) in [6, 6.07) is 4.27. The molecule has 0 bridgehead atoms. The van der Waals surface area contributed by atoms with Crippen LogP contribution in [0.3, 0.4) is 0 Å². The number of rotatable bonds is 7. The predicted molar refractivity (Wildman–Crippen MR) is 122 cm³/mol. The van der Waals surface area contributed by atoms with Crippen molar-refractivity contribution in [2.45, 2.75) is 72.6 Å². The van der Waals surface area contributed by atoms with Gasteiger partial charge in [-0.05, 0) is 59.2 Å². The van der Waals surface area contributed by atoms with Crippen LogP contribution in [0.5, 0.6) is 0 Å². The van der Waals surface area contributed by atoms with E-state index in [1.165, 1.54) is 15.0 Å². The molecule has 1 atom stereocenters. The number of carbonyl (C=O) groups is 2. The van der Waals surface area contributed by atoms with Gasteiger partial charge in [0.05, 0.1) is 10.9 Å². The maximum absolute atomic E-state index is 13.2. The molecule has 0 aliphatic carbocycles. The molecular formula is C22H30N6O4. The van der Waals surface area contributed by atoms with E-state index in [0.29, 0.717) is 10.9 Å². The summed E-state index contributed by atoms with van der Waals surface area (Å²) >= 11 is 0. The SMILES string of the molecule is CCC(C)NC(=O)c1ccc2c(=O)n(C(C)C)c3nn(CC(=O)NC(C)C)c(=O)n3c2c1. The normalized spacial score (nSPS) is 12.6. The number of hydrogen-bond donors (Lipinski definition) is 2. The molecule has 0 radical (unpaired) electrons. The molecule has 2 N–H and O–H groups in total. The van der Waals surface area contributed by atoms with Crippen LogP contribution >= 0.6 is 0 Å². The fourth-order valence-corrected chi connectivity index (χ4v) is 3.50. The van der Waals surface area contributed by atoms with Gasteiger partial charge in [-0.1, -0.05) is 6.92 Å². The van der Waals surface area contributed by atoms with Gasteiger partial charge in [0.1, 0.15) is 6.54 Å². The number of benzene rings is 1. The van der Waals surface area contributed by atoms with Gasteiger partial charge in [0.15, 0.2) is 0 Å². The summed E-state index contributed by atoms with van der Waals surface area (Å²) in [5, 5.41) is 10.2. The Bertz CT molecular complexity index is 1300. The van der Waals surface area contributed by atoms with Crippen molar-refractivity contribution < 1.29 is 9.59 Å². The largest absolute Gasteiger partial charge is 0.352 e. The number of aromatic nitrogens is 4. The minimum absolute atomic E-state index is 0.0166. The number of nitrogens with one attached hydrogen (secondary N) is 2. The molecule has 2 amide bonds. The van der Waals surface area contributed by atoms with E-state index in [1.807, 2.05) is 41.5 Å². The summed E-state index contributed by atoms with van der Waals surface area (Å²) in [4.78, 5) is 51.3. The van der Waals surface area contributed by atoms with Crippen molar-refractivity contribution in [3.05, 3.63) is 44.6 Å². The number of amides is 2. The molecule has 32 heavy (non-hydrogen) atoms. The Morgan fingerprint density at radius 1 is 1.06 bits per heavy atom. The van der Waals surface area contributed by atoms with E-state index in [1.54, 1.807) is 12.1 Å². The first-order valence-electron chi connectivity index (χ1n) is 10.8. The average Bonchev–Trinajstić information content (AvgIpc) is 3.02. The van der Waals surface area contributed by atoms with Gasteiger partial charge in [-0.25, -0.2) is 13.9 Å². The van der Waals surface area contributed by atoms with Gasteiger partial charge in [0, 0.05) is 23.7 Å². The molecule has 0 saturated carbocycles. The Morgan fingerprint density at radius 2 is 1.75 bits per heavy atom. The third kappa shape index (κ3) is 4.30. The van der Waals surface area contributed by atoms with Gasteiger partial charge in [0.25, 0.3) is 11.5 Å². The van der Waals surface area contributed by atoms with E-state index in [0.717, 1.165) is 11.1 Å². The number of hydrogen-bond acceptors (Lipinski definition) is 5. The second kappa shape index (κ2) is 8.97. The zero-order valence-electron chi connectivity index (χ0n) is 19.3. The first-order valence-corrected chi connectivity index (χ1v) is 10.8. The topological polar surface area (TPSA) is 120 Å². The molecule has 2 heterocycles. The van der Waals surface area contributed by atoms with Crippen molar-refractivity contribution in [2.24, 2.45) is 0 Å². The molecule has 0 spiro atoms. The zero-order valence-corrected chi connectivity index (χ0v) is 19.3. The van der Waals surface area contributed by atoms with Gasteiger partial charge in [-0.15, -0.1) is 5.10 Å². The number of nitrogens with zero attached hydrogens (tertiary/aromatic N) is 4. The fourth-order valence-electron chi connectivity index (χ4n) is 3.50. The smallest absolute Gasteiger partial charge is 0.352 e. The first-order chi connectivity index (χ1) is 15.0. The van der Waals surface area contributed by atoms with Crippen LogP contribution in [0, 0.1) is 0 Å². The van der Waals surface area contributed by atoms with Gasteiger partial charge < -0.3 is 10.6 Å². The predicted octanol–water partition coefficient (Wildman–Crippen LogP) is 1.44. The number of fused-ring (bicyclic) bond motifs is 3. The molecule has 3 aromatic rings. The molecule has 172 valence electrons. The van der Waals surface area contributed by atoms with Gasteiger partial charge in [-0.3, -0.25) is 19.0 Å². The van der Waals surface area contributed by atoms with Crippen LogP contribution < -0.4 is 21.9 Å². The molecular weight excluding hydrogens is 412 g/mol. The molecule has 0 aliphatic rings. The quantitative estimate of drug-likeness (QED) is 0.574. The van der Waals surface area contributed by atoms with Crippen LogP contribution in [0.15, 0.2) is 27.8 Å². The van der Waals surface area contributed by atoms with E-state index >= 15 is 0 Å². The summed E-state index contributed by atoms with van der Waals surface area (Å²) in [6.07, 6.45) is 0.771. The summed E-state index contributed by atoms with van der Waals surface area (Å²) in [5.74, 6) is -0.527. The Labute approximate surface area is 185 Å². The average molecular weight is 443 g/mol. The lowest BCUT2D eigenvalue weighted by Crippen LogP contribution is -2.36. The standard InChI is InChI=1S/C22H30N6O4/c1-7-14(6)24-19(30)15-8-9-16-17(10-15)28-21(27(13(4)5)20(16)31)25-26(22(28)32)11-18(29)23-12(2)3/h8-10,12-14H,7,11H2,1-6H3,(H,23,29)(H,24,30). The summed E-state index contributed by atoms with van der Waals surface area (Å²) in [6.45, 7) is 10.9. The Kier molecular flexibility index (Phi) is 6.52. The molecule has 0 saturated heterocycles. The molecule has 1 aromatic carbocycles. The van der Waals surface area contributed by atoms with E-state index in [2.05, 4.69) is 15.7 Å². The van der Waals surface area contributed by atoms with Crippen LogP contribution in [0.1, 0.15) is 64.4 Å². The van der Waals surface area contributed by atoms with E-state index in [9.17, 15) is 19.2 Å². The lowest BCUT2D eigenvalue weighted by Gasteiger charge is -2.14. The van der Waals surface area contributed by atoms with E-state index in [4.69, 9.17) is 0 Å². The van der Waals surface area contributed by atoms with Crippen LogP contribution in [-0.2, 0) is 11.3 Å². The van der Waals surface area contributed by atoms with Crippen molar-refractivity contribution in [2.75, 3.05) is 0 Å². The van der Waals surface area contributed by atoms with Crippen LogP contribution in [0.25, 0.3) is 16.7 Å². The van der Waals surface area contributed by atoms with Crippen LogP contribution in [-0.4, -0.2) is 42.6 Å². The molecule has 0 aliphatic heterocycles. The van der Waals surface area contributed by atoms with E-state index < -0.39 is 5.69 Å². The highest BCUT2D eigenvalue weighted by atomic mass is 16.2. The van der Waals surface area contributed by atoms with Gasteiger partial charge in [-0.2, -0.15) is 0 Å². The molecule has 10 nitrogen and oxygen atoms in total. The molecule has 1 unspecified atom stereocenters. The van der Waals surface area contributed by atoms with Crippen molar-refractivity contribution in [1.29, 1.82) is 0 Å². The maximum atomic E-state index is 13.2. The van der Waals surface area contributed by atoms with Gasteiger partial charge >= 0.3 is 5.69 Å². The Morgan fingerprint density at radius 3 is 2.34 bits per heavy atom. The summed E-state index contributed by atoms with van der Waals surface area (Å²) < 4.78 is 3.75. The van der Waals surface area contributed by atoms with Crippen molar-refractivity contribution in [1.82, 2.24) is 29.4 Å². The Hall–Kier alpha value is -3.43. The monoisotopic (exact) mass is 442 g/mol. The highest BCUT2D eigenvalue weighted by Crippen LogP contribution is 2.16. The molecule has 3 rings (SSSR count). The second-order valence-corrected chi connectivity index (χ2v) is 8.58. The van der Waals surface area contributed by atoms with Crippen molar-refractivity contribution in [3.63, 3.8) is 0 Å². The zero-order chi connectivity index (χ0) is 23.7. The minimum atomic E-state index is -0.558. The van der Waals surface area contributed by atoms with E-state index in [-0.39, 0.29) is 53.3 Å². The third-order valence-corrected chi connectivity index (χ3v) is 5.24. The molecule has 10 heteroatoms. The number of carbonyl (C=O) groups excluding carboxylic acids is 2. The van der Waals surface area contributed by atoms with Crippen LogP contribution in [0.2, 0.25) is 0 Å². The van der Waals surface area contributed by atoms with Gasteiger partial charge in [0.2, 0.25) is 11.7 Å². The Balaban J connectivity index is 2.26. The van der Waals surface area contributed by atoms with Crippen molar-refractivity contribution in [3.8, 4) is 0 Å². The minimum Gasteiger partial charge on any atom is -0.352 e. The fraction of sp³-hybridized carbons (Fsp3) is 0.500. The molecule has 2 aromatic heterocycles.